The van der Waals surface area contributed by atoms with Crippen molar-refractivity contribution in [1.29, 1.82) is 0 Å². The Kier molecular flexibility index (Phi) is 4.53. The van der Waals surface area contributed by atoms with Crippen LogP contribution in [-0.4, -0.2) is 48.2 Å². The van der Waals surface area contributed by atoms with E-state index in [-0.39, 0.29) is 5.56 Å². The van der Waals surface area contributed by atoms with Crippen LogP contribution < -0.4 is 4.74 Å². The maximum Gasteiger partial charge on any atom is 0.340 e. The lowest BCUT2D eigenvalue weighted by Gasteiger charge is -2.12. The lowest BCUT2D eigenvalue weighted by Crippen LogP contribution is -2.16. The van der Waals surface area contributed by atoms with Crippen LogP contribution in [-0.2, 0) is 0 Å². The largest absolute Gasteiger partial charge is 0.491 e. The van der Waals surface area contributed by atoms with Crippen molar-refractivity contribution in [2.75, 3.05) is 27.2 Å². The van der Waals surface area contributed by atoms with Gasteiger partial charge in [-0.2, -0.15) is 0 Å². The number of aromatic carboxylic acids is 1. The molecule has 5 nitrogen and oxygen atoms in total. The van der Waals surface area contributed by atoms with E-state index in [0.717, 1.165) is 13.0 Å². The molecule has 0 amide bonds. The van der Waals surface area contributed by atoms with Gasteiger partial charge in [0.15, 0.2) is 5.75 Å². The molecule has 1 N–H and O–H groups in total. The Labute approximate surface area is 117 Å². The van der Waals surface area contributed by atoms with Gasteiger partial charge in [-0.3, -0.25) is 4.98 Å². The minimum atomic E-state index is -0.994. The fraction of sp³-hybridized carbons (Fsp3) is 0.333. The van der Waals surface area contributed by atoms with Crippen LogP contribution in [0.15, 0.2) is 30.5 Å². The van der Waals surface area contributed by atoms with Crippen molar-refractivity contribution in [2.24, 2.45) is 0 Å². The third-order valence-corrected chi connectivity index (χ3v) is 2.96. The van der Waals surface area contributed by atoms with Gasteiger partial charge in [-0.1, -0.05) is 18.2 Å². The summed E-state index contributed by atoms with van der Waals surface area (Å²) in [6, 6.07) is 7.17. The van der Waals surface area contributed by atoms with Crippen molar-refractivity contribution >= 4 is 16.9 Å². The zero-order valence-electron chi connectivity index (χ0n) is 11.7. The van der Waals surface area contributed by atoms with Crippen molar-refractivity contribution in [1.82, 2.24) is 9.88 Å². The van der Waals surface area contributed by atoms with E-state index in [2.05, 4.69) is 9.88 Å². The summed E-state index contributed by atoms with van der Waals surface area (Å²) in [5.74, 6) is -0.666. The number of rotatable bonds is 6. The van der Waals surface area contributed by atoms with E-state index in [1.54, 1.807) is 18.2 Å². The van der Waals surface area contributed by atoms with Crippen LogP contribution >= 0.6 is 0 Å². The number of carbonyl (C=O) groups is 1. The Bertz CT molecular complexity index is 611. The molecule has 20 heavy (non-hydrogen) atoms. The first-order valence-corrected chi connectivity index (χ1v) is 6.48. The number of aromatic nitrogens is 1. The summed E-state index contributed by atoms with van der Waals surface area (Å²) < 4.78 is 5.59. The van der Waals surface area contributed by atoms with Gasteiger partial charge in [0, 0.05) is 11.9 Å². The number of pyridine rings is 1. The summed E-state index contributed by atoms with van der Waals surface area (Å²) in [5, 5.41) is 9.99. The first-order valence-electron chi connectivity index (χ1n) is 6.48. The summed E-state index contributed by atoms with van der Waals surface area (Å²) in [6.45, 7) is 1.36. The third-order valence-electron chi connectivity index (χ3n) is 2.96. The van der Waals surface area contributed by atoms with Crippen LogP contribution in [0.25, 0.3) is 10.9 Å². The number of ether oxygens (including phenoxy) is 1. The number of fused-ring (bicyclic) bond motifs is 1. The number of hydrogen-bond donors (Lipinski definition) is 1. The molecule has 2 rings (SSSR count). The molecule has 106 valence electrons. The molecule has 0 aliphatic heterocycles. The maximum atomic E-state index is 11.5. The first kappa shape index (κ1) is 14.3. The smallest absolute Gasteiger partial charge is 0.340 e. The van der Waals surface area contributed by atoms with Gasteiger partial charge < -0.3 is 14.7 Å². The number of carboxylic acids is 1. The monoisotopic (exact) mass is 274 g/mol. The highest BCUT2D eigenvalue weighted by atomic mass is 16.5. The first-order chi connectivity index (χ1) is 9.59. The number of nitrogens with zero attached hydrogens (tertiary/aromatic N) is 2. The summed E-state index contributed by atoms with van der Waals surface area (Å²) >= 11 is 0. The van der Waals surface area contributed by atoms with Gasteiger partial charge in [0.1, 0.15) is 5.56 Å². The topological polar surface area (TPSA) is 62.7 Å². The van der Waals surface area contributed by atoms with Gasteiger partial charge in [0.25, 0.3) is 0 Å². The van der Waals surface area contributed by atoms with Gasteiger partial charge in [-0.05, 0) is 26.6 Å². The highest BCUT2D eigenvalue weighted by molar-refractivity contribution is 6.04. The van der Waals surface area contributed by atoms with E-state index in [1.165, 1.54) is 6.20 Å². The zero-order chi connectivity index (χ0) is 14.5. The molecule has 0 spiro atoms. The van der Waals surface area contributed by atoms with Gasteiger partial charge in [-0.15, -0.1) is 0 Å². The predicted octanol–water partition coefficient (Wildman–Crippen LogP) is 2.26. The molecule has 1 aromatic heterocycles. The molecule has 1 heterocycles. The van der Waals surface area contributed by atoms with Crippen LogP contribution in [0.5, 0.6) is 5.75 Å². The van der Waals surface area contributed by atoms with E-state index in [0.29, 0.717) is 23.3 Å². The van der Waals surface area contributed by atoms with E-state index in [9.17, 15) is 9.90 Å². The van der Waals surface area contributed by atoms with Crippen LogP contribution in [0.2, 0.25) is 0 Å². The number of hydrogen-bond acceptors (Lipinski definition) is 4. The Hall–Kier alpha value is -2.14. The molecule has 5 heteroatoms. The van der Waals surface area contributed by atoms with E-state index >= 15 is 0 Å². The molecule has 0 atom stereocenters. The predicted molar refractivity (Wildman–Crippen MR) is 77.4 cm³/mol. The van der Waals surface area contributed by atoms with Gasteiger partial charge in [-0.25, -0.2) is 4.79 Å². The van der Waals surface area contributed by atoms with E-state index in [4.69, 9.17) is 4.74 Å². The summed E-state index contributed by atoms with van der Waals surface area (Å²) in [6.07, 6.45) is 2.32. The van der Waals surface area contributed by atoms with Gasteiger partial charge in [0.2, 0.25) is 0 Å². The average Bonchev–Trinajstić information content (AvgIpc) is 2.42. The molecule has 0 fully saturated rings. The second-order valence-corrected chi connectivity index (χ2v) is 4.83. The lowest BCUT2D eigenvalue weighted by atomic mass is 10.1. The Morgan fingerprint density at radius 2 is 2.10 bits per heavy atom. The van der Waals surface area contributed by atoms with Crippen LogP contribution in [0.1, 0.15) is 16.8 Å². The Morgan fingerprint density at radius 1 is 1.35 bits per heavy atom. The Balaban J connectivity index is 2.24. The highest BCUT2D eigenvalue weighted by Crippen LogP contribution is 2.26. The number of carboxylic acid groups (broad SMARTS) is 1. The van der Waals surface area contributed by atoms with Crippen molar-refractivity contribution in [3.8, 4) is 5.75 Å². The van der Waals surface area contributed by atoms with Crippen molar-refractivity contribution in [3.63, 3.8) is 0 Å². The number of para-hydroxylation sites is 1. The Morgan fingerprint density at radius 3 is 2.80 bits per heavy atom. The van der Waals surface area contributed by atoms with Crippen LogP contribution in [0, 0.1) is 0 Å². The van der Waals surface area contributed by atoms with E-state index < -0.39 is 5.97 Å². The molecule has 0 saturated carbocycles. The number of benzene rings is 1. The van der Waals surface area contributed by atoms with Crippen molar-refractivity contribution in [2.45, 2.75) is 6.42 Å². The third kappa shape index (κ3) is 3.24. The molecule has 0 aliphatic carbocycles. The van der Waals surface area contributed by atoms with Gasteiger partial charge >= 0.3 is 5.97 Å². The lowest BCUT2D eigenvalue weighted by molar-refractivity contribution is 0.0694. The fourth-order valence-electron chi connectivity index (χ4n) is 2.02. The van der Waals surface area contributed by atoms with Crippen LogP contribution in [0.3, 0.4) is 0 Å². The van der Waals surface area contributed by atoms with Crippen molar-refractivity contribution < 1.29 is 14.6 Å². The molecule has 1 aromatic carbocycles. The molecular formula is C15H18N2O3. The molecule has 0 bridgehead atoms. The summed E-state index contributed by atoms with van der Waals surface area (Å²) in [7, 11) is 3.97. The van der Waals surface area contributed by atoms with Crippen molar-refractivity contribution in [3.05, 3.63) is 36.0 Å². The van der Waals surface area contributed by atoms with Crippen LogP contribution in [0.4, 0.5) is 0 Å². The summed E-state index contributed by atoms with van der Waals surface area (Å²) in [4.78, 5) is 17.8. The second-order valence-electron chi connectivity index (χ2n) is 4.83. The maximum absolute atomic E-state index is 11.5. The van der Waals surface area contributed by atoms with E-state index in [1.807, 2.05) is 20.2 Å². The SMILES string of the molecule is CN(C)CCCOc1cnc2ccccc2c1C(=O)O. The van der Waals surface area contributed by atoms with Gasteiger partial charge in [0.05, 0.1) is 18.3 Å². The highest BCUT2D eigenvalue weighted by Gasteiger charge is 2.16. The zero-order valence-corrected chi connectivity index (χ0v) is 11.7. The quantitative estimate of drug-likeness (QED) is 0.819. The normalized spacial score (nSPS) is 10.9. The molecule has 0 aliphatic rings. The average molecular weight is 274 g/mol. The fourth-order valence-corrected chi connectivity index (χ4v) is 2.02. The minimum Gasteiger partial charge on any atom is -0.491 e. The second kappa shape index (κ2) is 6.34. The molecule has 2 aromatic rings. The molecular weight excluding hydrogens is 256 g/mol. The standard InChI is InChI=1S/C15H18N2O3/c1-17(2)8-5-9-20-13-10-16-12-7-4-3-6-11(12)14(13)15(18)19/h3-4,6-7,10H,5,8-9H2,1-2H3,(H,18,19). The molecule has 0 saturated heterocycles. The minimum absolute atomic E-state index is 0.181. The molecule has 0 radical (unpaired) electrons. The summed E-state index contributed by atoms with van der Waals surface area (Å²) in [5.41, 5.74) is 0.839. The molecule has 0 unspecified atom stereocenters.